The summed E-state index contributed by atoms with van der Waals surface area (Å²) in [6, 6.07) is 4.72. The predicted molar refractivity (Wildman–Crippen MR) is 105 cm³/mol. The molecule has 0 aliphatic carbocycles. The first kappa shape index (κ1) is 22.1. The Balaban J connectivity index is 1.80. The zero-order valence-electron chi connectivity index (χ0n) is 16.4. The maximum Gasteiger partial charge on any atom is 0.303 e. The Hall–Kier alpha value is -2.21. The number of aliphatic hydroxyl groups is 1. The minimum absolute atomic E-state index is 0.0181. The van der Waals surface area contributed by atoms with Crippen molar-refractivity contribution in [1.29, 1.82) is 0 Å². The first-order valence-electron chi connectivity index (χ1n) is 9.99. The fraction of sp³-hybridized carbons (Fsp3) is 0.545. The number of carbonyl (C=O) groups is 2. The third-order valence-corrected chi connectivity index (χ3v) is 5.02. The highest BCUT2D eigenvalue weighted by Crippen LogP contribution is 2.21. The monoisotopic (exact) mass is 391 g/mol. The third-order valence-electron chi connectivity index (χ3n) is 5.02. The summed E-state index contributed by atoms with van der Waals surface area (Å²) in [4.78, 5) is 24.5. The molecule has 0 bridgehead atoms. The summed E-state index contributed by atoms with van der Waals surface area (Å²) >= 11 is 0. The number of halogens is 1. The molecule has 5 nitrogen and oxygen atoms in total. The Morgan fingerprint density at radius 2 is 2.04 bits per heavy atom. The molecule has 1 aliphatic heterocycles. The number of aliphatic hydroxyl groups excluding tert-OH is 1. The third kappa shape index (κ3) is 7.43. The van der Waals surface area contributed by atoms with Crippen LogP contribution in [0.2, 0.25) is 0 Å². The summed E-state index contributed by atoms with van der Waals surface area (Å²) in [5.74, 6) is -0.954. The van der Waals surface area contributed by atoms with Gasteiger partial charge in [-0.3, -0.25) is 9.59 Å². The summed E-state index contributed by atoms with van der Waals surface area (Å²) < 4.78 is 13.5. The van der Waals surface area contributed by atoms with Crippen molar-refractivity contribution in [3.63, 3.8) is 0 Å². The van der Waals surface area contributed by atoms with Crippen LogP contribution in [0.15, 0.2) is 30.4 Å². The molecule has 0 spiro atoms. The lowest BCUT2D eigenvalue weighted by atomic mass is 10.0. The van der Waals surface area contributed by atoms with E-state index in [1.54, 1.807) is 6.08 Å². The van der Waals surface area contributed by atoms with Gasteiger partial charge in [-0.1, -0.05) is 31.1 Å². The van der Waals surface area contributed by atoms with Crippen LogP contribution in [0.5, 0.6) is 0 Å². The van der Waals surface area contributed by atoms with Gasteiger partial charge in [0.05, 0.1) is 12.1 Å². The van der Waals surface area contributed by atoms with Crippen molar-refractivity contribution < 1.29 is 24.2 Å². The van der Waals surface area contributed by atoms with Gasteiger partial charge in [0.25, 0.3) is 0 Å². The largest absolute Gasteiger partial charge is 0.481 e. The van der Waals surface area contributed by atoms with E-state index in [1.807, 2.05) is 24.0 Å². The summed E-state index contributed by atoms with van der Waals surface area (Å²) in [6.07, 6.45) is 7.88. The van der Waals surface area contributed by atoms with E-state index in [0.717, 1.165) is 36.8 Å². The van der Waals surface area contributed by atoms with Gasteiger partial charge in [0.15, 0.2) is 0 Å². The number of hydrogen-bond donors (Lipinski definition) is 2. The average molecular weight is 391 g/mol. The first-order valence-corrected chi connectivity index (χ1v) is 9.99. The lowest BCUT2D eigenvalue weighted by Gasteiger charge is -2.22. The second-order valence-corrected chi connectivity index (χ2v) is 7.54. The van der Waals surface area contributed by atoms with Gasteiger partial charge >= 0.3 is 5.97 Å². The minimum Gasteiger partial charge on any atom is -0.481 e. The molecule has 154 valence electrons. The minimum atomic E-state index is -0.771. The van der Waals surface area contributed by atoms with Crippen molar-refractivity contribution >= 4 is 11.9 Å². The summed E-state index contributed by atoms with van der Waals surface area (Å²) in [6.45, 7) is 2.47. The lowest BCUT2D eigenvalue weighted by molar-refractivity contribution is -0.137. The Bertz CT molecular complexity index is 684. The van der Waals surface area contributed by atoms with Gasteiger partial charge in [-0.25, -0.2) is 4.39 Å². The number of amides is 1. The molecule has 2 atom stereocenters. The Morgan fingerprint density at radius 1 is 1.29 bits per heavy atom. The van der Waals surface area contributed by atoms with Crippen molar-refractivity contribution in [2.24, 2.45) is 0 Å². The number of rotatable bonds is 11. The highest BCUT2D eigenvalue weighted by atomic mass is 19.1. The second kappa shape index (κ2) is 11.0. The molecular weight excluding hydrogens is 361 g/mol. The van der Waals surface area contributed by atoms with Crippen LogP contribution >= 0.6 is 0 Å². The number of hydrogen-bond acceptors (Lipinski definition) is 3. The summed E-state index contributed by atoms with van der Waals surface area (Å²) in [5, 5.41) is 18.9. The van der Waals surface area contributed by atoms with Crippen LogP contribution in [-0.4, -0.2) is 45.7 Å². The highest BCUT2D eigenvalue weighted by molar-refractivity contribution is 5.79. The number of carbonyl (C=O) groups excluding carboxylic acids is 1. The molecule has 0 aromatic heterocycles. The van der Waals surface area contributed by atoms with Crippen LogP contribution in [0.4, 0.5) is 4.39 Å². The number of carboxylic acid groups (broad SMARTS) is 1. The van der Waals surface area contributed by atoms with Gasteiger partial charge in [0, 0.05) is 25.8 Å². The smallest absolute Gasteiger partial charge is 0.303 e. The zero-order chi connectivity index (χ0) is 20.5. The number of nitrogens with zero attached hydrogens (tertiary/aromatic N) is 1. The standard InChI is InChI=1S/C22H30FNO4/c1-16-12-17(14-18(23)13-16)15-20(25)9-7-19-8-10-21(26)24(19)11-5-3-2-4-6-22(27)28/h7,9,12-14,19-20,25H,2-6,8,10-11,15H2,1H3,(H,27,28)/b9-7+/t19-,20+/m0/s1. The van der Waals surface area contributed by atoms with Crippen LogP contribution in [-0.2, 0) is 16.0 Å². The van der Waals surface area contributed by atoms with Crippen molar-refractivity contribution in [3.8, 4) is 0 Å². The second-order valence-electron chi connectivity index (χ2n) is 7.54. The molecule has 1 heterocycles. The number of likely N-dealkylation sites (tertiary alicyclic amines) is 1. The maximum atomic E-state index is 13.5. The molecule has 2 rings (SSSR count). The van der Waals surface area contributed by atoms with E-state index < -0.39 is 12.1 Å². The zero-order valence-corrected chi connectivity index (χ0v) is 16.4. The number of benzene rings is 1. The topological polar surface area (TPSA) is 77.8 Å². The molecule has 0 saturated carbocycles. The molecule has 2 N–H and O–H groups in total. The van der Waals surface area contributed by atoms with E-state index in [0.29, 0.717) is 25.8 Å². The molecule has 1 amide bonds. The van der Waals surface area contributed by atoms with E-state index in [9.17, 15) is 19.1 Å². The molecule has 1 aromatic carbocycles. The molecule has 1 fully saturated rings. The quantitative estimate of drug-likeness (QED) is 0.446. The molecule has 1 saturated heterocycles. The van der Waals surface area contributed by atoms with E-state index >= 15 is 0 Å². The fourth-order valence-corrected chi connectivity index (χ4v) is 3.65. The number of unbranched alkanes of at least 4 members (excludes halogenated alkanes) is 3. The van der Waals surface area contributed by atoms with E-state index in [-0.39, 0.29) is 24.2 Å². The van der Waals surface area contributed by atoms with Gasteiger partial charge in [0.1, 0.15) is 5.82 Å². The SMILES string of the molecule is Cc1cc(F)cc(C[C@H](O)/C=C/[C@H]2CCC(=O)N2CCCCCCC(=O)O)c1. The van der Waals surface area contributed by atoms with Gasteiger partial charge in [-0.2, -0.15) is 0 Å². The molecule has 1 aromatic rings. The summed E-state index contributed by atoms with van der Waals surface area (Å²) in [5.41, 5.74) is 1.57. The molecule has 28 heavy (non-hydrogen) atoms. The van der Waals surface area contributed by atoms with Gasteiger partial charge in [0.2, 0.25) is 5.91 Å². The molecule has 6 heteroatoms. The number of aryl methyl sites for hydroxylation is 1. The van der Waals surface area contributed by atoms with E-state index in [4.69, 9.17) is 5.11 Å². The molecular formula is C22H30FNO4. The van der Waals surface area contributed by atoms with Crippen LogP contribution in [0.25, 0.3) is 0 Å². The van der Waals surface area contributed by atoms with Crippen molar-refractivity contribution in [1.82, 2.24) is 4.90 Å². The van der Waals surface area contributed by atoms with Crippen molar-refractivity contribution in [2.75, 3.05) is 6.54 Å². The van der Waals surface area contributed by atoms with Crippen LogP contribution in [0.1, 0.15) is 56.1 Å². The van der Waals surface area contributed by atoms with Crippen LogP contribution < -0.4 is 0 Å². The average Bonchev–Trinajstić information content (AvgIpc) is 2.95. The van der Waals surface area contributed by atoms with Crippen molar-refractivity contribution in [2.45, 2.75) is 70.4 Å². The molecule has 0 radical (unpaired) electrons. The highest BCUT2D eigenvalue weighted by Gasteiger charge is 2.28. The Morgan fingerprint density at radius 3 is 2.75 bits per heavy atom. The Labute approximate surface area is 165 Å². The first-order chi connectivity index (χ1) is 13.3. The maximum absolute atomic E-state index is 13.5. The fourth-order valence-electron chi connectivity index (χ4n) is 3.65. The normalized spacial score (nSPS) is 18.2. The number of aliphatic carboxylic acids is 1. The summed E-state index contributed by atoms with van der Waals surface area (Å²) in [7, 11) is 0. The predicted octanol–water partition coefficient (Wildman–Crippen LogP) is 3.62. The number of carboxylic acids is 1. The van der Waals surface area contributed by atoms with Gasteiger partial charge < -0.3 is 15.1 Å². The van der Waals surface area contributed by atoms with E-state index in [1.165, 1.54) is 12.1 Å². The van der Waals surface area contributed by atoms with E-state index in [2.05, 4.69) is 0 Å². The Kier molecular flexibility index (Phi) is 8.64. The van der Waals surface area contributed by atoms with Gasteiger partial charge in [-0.15, -0.1) is 0 Å². The van der Waals surface area contributed by atoms with Gasteiger partial charge in [-0.05, 0) is 49.4 Å². The molecule has 0 unspecified atom stereocenters. The van der Waals surface area contributed by atoms with Crippen LogP contribution in [0, 0.1) is 12.7 Å². The lowest BCUT2D eigenvalue weighted by Crippen LogP contribution is -2.32. The van der Waals surface area contributed by atoms with Crippen molar-refractivity contribution in [3.05, 3.63) is 47.3 Å². The van der Waals surface area contributed by atoms with Crippen LogP contribution in [0.3, 0.4) is 0 Å². The molecule has 1 aliphatic rings.